The van der Waals surface area contributed by atoms with E-state index in [1.165, 1.54) is 19.3 Å². The maximum atomic E-state index is 12.8. The third-order valence-corrected chi connectivity index (χ3v) is 4.21. The van der Waals surface area contributed by atoms with Gasteiger partial charge in [-0.1, -0.05) is 0 Å². The lowest BCUT2D eigenvalue weighted by molar-refractivity contribution is -0.119. The molecule has 2 aromatic heterocycles. The Morgan fingerprint density at radius 2 is 2.16 bits per heavy atom. The zero-order valence-corrected chi connectivity index (χ0v) is 14.3. The Bertz CT molecular complexity index is 780. The molecule has 8 nitrogen and oxygen atoms in total. The Morgan fingerprint density at radius 1 is 1.32 bits per heavy atom. The zero-order chi connectivity index (χ0) is 17.8. The number of nitrogens with one attached hydrogen (secondary N) is 1. The van der Waals surface area contributed by atoms with E-state index in [1.54, 1.807) is 12.3 Å². The molecule has 1 atom stereocenters. The summed E-state index contributed by atoms with van der Waals surface area (Å²) in [6.45, 7) is 4.30. The van der Waals surface area contributed by atoms with Gasteiger partial charge < -0.3 is 10.2 Å². The van der Waals surface area contributed by atoms with Crippen LogP contribution in [0.5, 0.6) is 0 Å². The van der Waals surface area contributed by atoms with Crippen LogP contribution in [-0.4, -0.2) is 43.4 Å². The second-order valence-electron chi connectivity index (χ2n) is 6.03. The molecule has 3 heterocycles. The fraction of sp³-hybridized carbons (Fsp3) is 0.412. The Kier molecular flexibility index (Phi) is 4.97. The van der Waals surface area contributed by atoms with Crippen LogP contribution >= 0.6 is 0 Å². The predicted octanol–water partition coefficient (Wildman–Crippen LogP) is 1.19. The summed E-state index contributed by atoms with van der Waals surface area (Å²) in [5.41, 5.74) is 2.14. The molecular formula is C17H20N6O2. The molecule has 0 saturated carbocycles. The van der Waals surface area contributed by atoms with E-state index in [0.717, 1.165) is 24.1 Å². The van der Waals surface area contributed by atoms with Crippen LogP contribution in [0, 0.1) is 6.92 Å². The summed E-state index contributed by atoms with van der Waals surface area (Å²) in [6, 6.07) is 1.53. The highest BCUT2D eigenvalue weighted by molar-refractivity contribution is 5.94. The number of aromatic nitrogens is 4. The number of likely N-dealkylation sites (tertiary alicyclic amines) is 1. The molecule has 0 unspecified atom stereocenters. The third kappa shape index (κ3) is 3.78. The summed E-state index contributed by atoms with van der Waals surface area (Å²) in [6.07, 6.45) is 6.43. The largest absolute Gasteiger partial charge is 0.352 e. The van der Waals surface area contributed by atoms with Crippen molar-refractivity contribution in [3.05, 3.63) is 47.3 Å². The minimum absolute atomic E-state index is 0.0841. The molecule has 1 fully saturated rings. The summed E-state index contributed by atoms with van der Waals surface area (Å²) in [5, 5.41) is 10.3. The smallest absolute Gasteiger partial charge is 0.256 e. The van der Waals surface area contributed by atoms with E-state index in [1.807, 2.05) is 11.8 Å². The highest BCUT2D eigenvalue weighted by Gasteiger charge is 2.33. The first-order valence-corrected chi connectivity index (χ1v) is 8.21. The minimum atomic E-state index is -0.133. The van der Waals surface area contributed by atoms with E-state index >= 15 is 0 Å². The number of nitrogens with zero attached hydrogens (tertiary/aromatic N) is 5. The molecule has 2 amide bonds. The lowest BCUT2D eigenvalue weighted by Crippen LogP contribution is -2.32. The van der Waals surface area contributed by atoms with Crippen LogP contribution in [0.2, 0.25) is 0 Å². The maximum absolute atomic E-state index is 12.8. The van der Waals surface area contributed by atoms with Gasteiger partial charge >= 0.3 is 0 Å². The standard InChI is InChI=1S/C17H20N6O2/c1-11-18-8-14(9-19-12(2)24)16(22-11)15-4-3-7-23(15)17(25)13-5-6-20-21-10-13/h5-6,8,10,15H,3-4,7,9H2,1-2H3,(H,19,24)/t15-/m0/s1. The summed E-state index contributed by atoms with van der Waals surface area (Å²) < 4.78 is 0. The molecule has 1 saturated heterocycles. The van der Waals surface area contributed by atoms with E-state index in [2.05, 4.69) is 25.5 Å². The summed E-state index contributed by atoms with van der Waals surface area (Å²) in [7, 11) is 0. The van der Waals surface area contributed by atoms with E-state index < -0.39 is 0 Å². The van der Waals surface area contributed by atoms with Crippen molar-refractivity contribution in [1.82, 2.24) is 30.4 Å². The molecule has 1 N–H and O–H groups in total. The predicted molar refractivity (Wildman–Crippen MR) is 89.3 cm³/mol. The van der Waals surface area contributed by atoms with Crippen molar-refractivity contribution in [3.63, 3.8) is 0 Å². The van der Waals surface area contributed by atoms with Crippen LogP contribution in [-0.2, 0) is 11.3 Å². The SMILES string of the molecule is CC(=O)NCc1cnc(C)nc1[C@@H]1CCCN1C(=O)c1ccnnc1. The molecule has 1 aliphatic heterocycles. The Hall–Kier alpha value is -2.90. The van der Waals surface area contributed by atoms with Crippen LogP contribution in [0.3, 0.4) is 0 Å². The molecule has 3 rings (SSSR count). The van der Waals surface area contributed by atoms with Crippen molar-refractivity contribution in [2.24, 2.45) is 0 Å². The topological polar surface area (TPSA) is 101 Å². The molecular weight excluding hydrogens is 320 g/mol. The Labute approximate surface area is 145 Å². The van der Waals surface area contributed by atoms with Crippen LogP contribution in [0.1, 0.15) is 53.2 Å². The number of carbonyl (C=O) groups is 2. The van der Waals surface area contributed by atoms with Crippen LogP contribution in [0.4, 0.5) is 0 Å². The minimum Gasteiger partial charge on any atom is -0.352 e. The van der Waals surface area contributed by atoms with E-state index in [-0.39, 0.29) is 17.9 Å². The van der Waals surface area contributed by atoms with E-state index in [4.69, 9.17) is 0 Å². The van der Waals surface area contributed by atoms with Crippen LogP contribution in [0.15, 0.2) is 24.7 Å². The Morgan fingerprint density at radius 3 is 2.88 bits per heavy atom. The van der Waals surface area contributed by atoms with Gasteiger partial charge in [-0.25, -0.2) is 9.97 Å². The average molecular weight is 340 g/mol. The van der Waals surface area contributed by atoms with Crippen LogP contribution in [0.25, 0.3) is 0 Å². The first kappa shape index (κ1) is 16.9. The quantitative estimate of drug-likeness (QED) is 0.897. The zero-order valence-electron chi connectivity index (χ0n) is 14.3. The summed E-state index contributed by atoms with van der Waals surface area (Å²) in [5.74, 6) is 0.444. The third-order valence-electron chi connectivity index (χ3n) is 4.21. The Balaban J connectivity index is 1.90. The molecule has 0 aromatic carbocycles. The summed E-state index contributed by atoms with van der Waals surface area (Å²) >= 11 is 0. The van der Waals surface area contributed by atoms with Gasteiger partial charge in [0.15, 0.2) is 0 Å². The van der Waals surface area contributed by atoms with Gasteiger partial charge in [0.2, 0.25) is 5.91 Å². The number of carbonyl (C=O) groups excluding carboxylic acids is 2. The first-order valence-electron chi connectivity index (χ1n) is 8.21. The van der Waals surface area contributed by atoms with Crippen molar-refractivity contribution in [3.8, 4) is 0 Å². The number of aryl methyl sites for hydroxylation is 1. The molecule has 0 spiro atoms. The van der Waals surface area contributed by atoms with Gasteiger partial charge in [-0.3, -0.25) is 9.59 Å². The summed E-state index contributed by atoms with van der Waals surface area (Å²) in [4.78, 5) is 34.7. The molecule has 130 valence electrons. The van der Waals surface area contributed by atoms with Gasteiger partial charge in [0, 0.05) is 31.8 Å². The van der Waals surface area contributed by atoms with Gasteiger partial charge in [0.05, 0.1) is 29.7 Å². The highest BCUT2D eigenvalue weighted by Crippen LogP contribution is 2.33. The maximum Gasteiger partial charge on any atom is 0.256 e. The second kappa shape index (κ2) is 7.33. The first-order chi connectivity index (χ1) is 12.1. The van der Waals surface area contributed by atoms with Crippen molar-refractivity contribution >= 4 is 11.8 Å². The monoisotopic (exact) mass is 340 g/mol. The van der Waals surface area contributed by atoms with Crippen LogP contribution < -0.4 is 5.32 Å². The molecule has 2 aromatic rings. The number of rotatable bonds is 4. The van der Waals surface area contributed by atoms with Gasteiger partial charge in [0.25, 0.3) is 5.91 Å². The van der Waals surface area contributed by atoms with Gasteiger partial charge in [0.1, 0.15) is 5.82 Å². The molecule has 1 aliphatic rings. The second-order valence-corrected chi connectivity index (χ2v) is 6.03. The van der Waals surface area contributed by atoms with Crippen molar-refractivity contribution in [2.75, 3.05) is 6.54 Å². The molecule has 0 bridgehead atoms. The van der Waals surface area contributed by atoms with Crippen molar-refractivity contribution < 1.29 is 9.59 Å². The number of amides is 2. The van der Waals surface area contributed by atoms with E-state index in [9.17, 15) is 9.59 Å². The molecule has 0 radical (unpaired) electrons. The van der Waals surface area contributed by atoms with Gasteiger partial charge in [-0.15, -0.1) is 0 Å². The fourth-order valence-electron chi connectivity index (χ4n) is 3.03. The number of hydrogen-bond donors (Lipinski definition) is 1. The molecule has 25 heavy (non-hydrogen) atoms. The molecule has 0 aliphatic carbocycles. The highest BCUT2D eigenvalue weighted by atomic mass is 16.2. The average Bonchev–Trinajstić information content (AvgIpc) is 3.10. The van der Waals surface area contributed by atoms with Crippen molar-refractivity contribution in [1.29, 1.82) is 0 Å². The fourth-order valence-corrected chi connectivity index (χ4v) is 3.03. The van der Waals surface area contributed by atoms with E-state index in [0.29, 0.717) is 24.5 Å². The lowest BCUT2D eigenvalue weighted by Gasteiger charge is -2.26. The lowest BCUT2D eigenvalue weighted by atomic mass is 10.1. The normalized spacial score (nSPS) is 16.7. The van der Waals surface area contributed by atoms with Gasteiger partial charge in [-0.05, 0) is 25.8 Å². The van der Waals surface area contributed by atoms with Gasteiger partial charge in [-0.2, -0.15) is 10.2 Å². The van der Waals surface area contributed by atoms with Crippen molar-refractivity contribution in [2.45, 2.75) is 39.3 Å². The number of hydrogen-bond acceptors (Lipinski definition) is 6. The molecule has 8 heteroatoms.